The number of hydrogen-bond acceptors (Lipinski definition) is 8. The van der Waals surface area contributed by atoms with Gasteiger partial charge >= 0.3 is 0 Å². The first-order valence-electron chi connectivity index (χ1n) is 11.6. The van der Waals surface area contributed by atoms with Crippen molar-refractivity contribution in [2.45, 2.75) is 31.6 Å². The summed E-state index contributed by atoms with van der Waals surface area (Å²) in [6.45, 7) is 1.99. The number of nitrogens with two attached hydrogens (primary N) is 1. The van der Waals surface area contributed by atoms with E-state index in [1.165, 1.54) is 12.8 Å². The number of piperidine rings is 1. The summed E-state index contributed by atoms with van der Waals surface area (Å²) in [5, 5.41) is 8.14. The fourth-order valence-electron chi connectivity index (χ4n) is 4.16. The van der Waals surface area contributed by atoms with E-state index in [2.05, 4.69) is 20.2 Å². The van der Waals surface area contributed by atoms with Crippen LogP contribution in [0.1, 0.15) is 47.8 Å². The summed E-state index contributed by atoms with van der Waals surface area (Å²) >= 11 is 0. The van der Waals surface area contributed by atoms with E-state index in [1.54, 1.807) is 31.6 Å². The van der Waals surface area contributed by atoms with Gasteiger partial charge < -0.3 is 20.1 Å². The second kappa shape index (κ2) is 9.62. The number of nitrogen functional groups attached to an aromatic ring is 1. The van der Waals surface area contributed by atoms with Gasteiger partial charge in [0.2, 0.25) is 5.88 Å². The number of carbonyl (C=O) groups excluding carboxylic acids is 1. The highest BCUT2D eigenvalue weighted by molar-refractivity contribution is 5.93. The molecule has 3 aromatic heterocycles. The predicted molar refractivity (Wildman–Crippen MR) is 127 cm³/mol. The van der Waals surface area contributed by atoms with E-state index in [-0.39, 0.29) is 11.8 Å². The maximum absolute atomic E-state index is 13.1. The molecule has 1 amide bonds. The van der Waals surface area contributed by atoms with Gasteiger partial charge in [-0.05, 0) is 49.8 Å². The van der Waals surface area contributed by atoms with Crippen LogP contribution in [0.2, 0.25) is 0 Å². The number of carbonyl (C=O) groups is 1. The number of anilines is 1. The lowest BCUT2D eigenvalue weighted by atomic mass is 9.93. The monoisotopic (exact) mass is 460 g/mol. The van der Waals surface area contributed by atoms with Crippen molar-refractivity contribution >= 4 is 11.7 Å². The molecule has 9 heteroatoms. The Labute approximate surface area is 198 Å². The highest BCUT2D eigenvalue weighted by Gasteiger charge is 2.27. The number of nitrogens with zero attached hydrogens (tertiary/aromatic N) is 5. The fourth-order valence-corrected chi connectivity index (χ4v) is 4.16. The van der Waals surface area contributed by atoms with Crippen molar-refractivity contribution in [2.24, 2.45) is 5.92 Å². The van der Waals surface area contributed by atoms with Crippen LogP contribution in [0.4, 0.5) is 5.82 Å². The lowest BCUT2D eigenvalue weighted by Gasteiger charge is -2.31. The van der Waals surface area contributed by atoms with Gasteiger partial charge in [0.15, 0.2) is 0 Å². The first-order chi connectivity index (χ1) is 16.6. The topological polar surface area (TPSA) is 116 Å². The molecule has 0 aromatic carbocycles. The second-order valence-electron chi connectivity index (χ2n) is 8.86. The van der Waals surface area contributed by atoms with E-state index in [0.717, 1.165) is 36.3 Å². The summed E-state index contributed by atoms with van der Waals surface area (Å²) < 4.78 is 11.3. The molecule has 2 fully saturated rings. The molecule has 0 bridgehead atoms. The largest absolute Gasteiger partial charge is 0.496 e. The van der Waals surface area contributed by atoms with Gasteiger partial charge in [-0.15, -0.1) is 5.10 Å². The van der Waals surface area contributed by atoms with Gasteiger partial charge in [0.05, 0.1) is 19.4 Å². The molecule has 2 N–H and O–H groups in total. The van der Waals surface area contributed by atoms with Gasteiger partial charge in [-0.25, -0.2) is 4.98 Å². The van der Waals surface area contributed by atoms with Crippen LogP contribution in [0.3, 0.4) is 0 Å². The minimum Gasteiger partial charge on any atom is -0.496 e. The van der Waals surface area contributed by atoms with Crippen LogP contribution in [-0.2, 0) is 0 Å². The Bertz CT molecular complexity index is 1140. The zero-order valence-electron chi connectivity index (χ0n) is 19.2. The van der Waals surface area contributed by atoms with Crippen LogP contribution >= 0.6 is 0 Å². The normalized spacial score (nSPS) is 16.3. The van der Waals surface area contributed by atoms with Crippen LogP contribution in [-0.4, -0.2) is 57.8 Å². The molecule has 1 saturated heterocycles. The van der Waals surface area contributed by atoms with Crippen molar-refractivity contribution in [2.75, 3.05) is 32.5 Å². The number of methoxy groups -OCH3 is 1. The number of likely N-dealkylation sites (tertiary alicyclic amines) is 1. The third kappa shape index (κ3) is 4.93. The molecule has 0 atom stereocenters. The Hall–Kier alpha value is -3.75. The summed E-state index contributed by atoms with van der Waals surface area (Å²) in [5.74, 6) is 2.45. The standard InChI is InChI=1S/C25H28N6O3/c1-33-22-12-21(25(32)31-10-8-17(9-11-31)20-5-6-23(26)30-29-20)27-14-19(22)18-4-7-24(28-13-18)34-15-16-2-3-16/h4-7,12-14,16-17H,2-3,8-11,15H2,1H3,(H2,26,30). The third-order valence-electron chi connectivity index (χ3n) is 6.42. The quantitative estimate of drug-likeness (QED) is 0.571. The van der Waals surface area contributed by atoms with E-state index in [1.807, 2.05) is 23.1 Å². The van der Waals surface area contributed by atoms with Crippen LogP contribution in [0, 0.1) is 5.92 Å². The molecule has 34 heavy (non-hydrogen) atoms. The number of amides is 1. The van der Waals surface area contributed by atoms with Gasteiger partial charge in [0.25, 0.3) is 5.91 Å². The molecule has 5 rings (SSSR count). The van der Waals surface area contributed by atoms with E-state index in [9.17, 15) is 4.79 Å². The molecule has 3 aromatic rings. The lowest BCUT2D eigenvalue weighted by Crippen LogP contribution is -2.38. The SMILES string of the molecule is COc1cc(C(=O)N2CCC(c3ccc(N)nn3)CC2)ncc1-c1ccc(OCC2CC2)nc1. The third-order valence-corrected chi connectivity index (χ3v) is 6.42. The Morgan fingerprint density at radius 2 is 1.88 bits per heavy atom. The predicted octanol–water partition coefficient (Wildman–Crippen LogP) is 3.33. The van der Waals surface area contributed by atoms with Crippen LogP contribution in [0.15, 0.2) is 42.7 Å². The molecule has 0 radical (unpaired) electrons. The average molecular weight is 461 g/mol. The van der Waals surface area contributed by atoms with Crippen LogP contribution in [0.5, 0.6) is 11.6 Å². The Balaban J connectivity index is 1.24. The zero-order valence-corrected chi connectivity index (χ0v) is 19.2. The number of hydrogen-bond donors (Lipinski definition) is 1. The molecular weight excluding hydrogens is 432 g/mol. The number of pyridine rings is 2. The molecule has 176 valence electrons. The molecule has 1 aliphatic heterocycles. The number of ether oxygens (including phenoxy) is 2. The van der Waals surface area contributed by atoms with Crippen molar-refractivity contribution in [3.05, 3.63) is 54.1 Å². The van der Waals surface area contributed by atoms with Crippen LogP contribution in [0.25, 0.3) is 11.1 Å². The molecule has 1 aliphatic carbocycles. The molecule has 9 nitrogen and oxygen atoms in total. The first-order valence-corrected chi connectivity index (χ1v) is 11.6. The summed E-state index contributed by atoms with van der Waals surface area (Å²) in [4.78, 5) is 23.8. The van der Waals surface area contributed by atoms with E-state index in [0.29, 0.717) is 42.1 Å². The van der Waals surface area contributed by atoms with Gasteiger partial charge in [-0.2, -0.15) is 5.10 Å². The van der Waals surface area contributed by atoms with Crippen LogP contribution < -0.4 is 15.2 Å². The number of aromatic nitrogens is 4. The van der Waals surface area contributed by atoms with Crippen molar-refractivity contribution in [1.29, 1.82) is 0 Å². The van der Waals surface area contributed by atoms with Crippen molar-refractivity contribution in [3.8, 4) is 22.8 Å². The van der Waals surface area contributed by atoms with Crippen molar-refractivity contribution in [1.82, 2.24) is 25.1 Å². The Kier molecular flexibility index (Phi) is 6.24. The summed E-state index contributed by atoms with van der Waals surface area (Å²) in [5.41, 5.74) is 8.55. The molecule has 4 heterocycles. The maximum atomic E-state index is 13.1. The second-order valence-corrected chi connectivity index (χ2v) is 8.86. The van der Waals surface area contributed by atoms with Crippen molar-refractivity contribution in [3.63, 3.8) is 0 Å². The van der Waals surface area contributed by atoms with E-state index >= 15 is 0 Å². The van der Waals surface area contributed by atoms with Gasteiger partial charge in [0, 0.05) is 54.7 Å². The smallest absolute Gasteiger partial charge is 0.272 e. The minimum atomic E-state index is -0.103. The highest BCUT2D eigenvalue weighted by atomic mass is 16.5. The van der Waals surface area contributed by atoms with Gasteiger partial charge in [-0.3, -0.25) is 9.78 Å². The molecule has 2 aliphatic rings. The first kappa shape index (κ1) is 22.1. The summed E-state index contributed by atoms with van der Waals surface area (Å²) in [6.07, 6.45) is 7.53. The lowest BCUT2D eigenvalue weighted by molar-refractivity contribution is 0.0705. The summed E-state index contributed by atoms with van der Waals surface area (Å²) in [6, 6.07) is 9.16. The molecule has 0 unspecified atom stereocenters. The molecule has 1 saturated carbocycles. The fraction of sp³-hybridized carbons (Fsp3) is 0.400. The molecular formula is C25H28N6O3. The average Bonchev–Trinajstić information content (AvgIpc) is 3.72. The van der Waals surface area contributed by atoms with Gasteiger partial charge in [0.1, 0.15) is 17.3 Å². The highest BCUT2D eigenvalue weighted by Crippen LogP contribution is 2.32. The zero-order chi connectivity index (χ0) is 23.5. The minimum absolute atomic E-state index is 0.103. The maximum Gasteiger partial charge on any atom is 0.272 e. The number of rotatable bonds is 7. The van der Waals surface area contributed by atoms with Crippen molar-refractivity contribution < 1.29 is 14.3 Å². The van der Waals surface area contributed by atoms with Gasteiger partial charge in [-0.1, -0.05) is 0 Å². The van der Waals surface area contributed by atoms with E-state index in [4.69, 9.17) is 15.2 Å². The molecule has 0 spiro atoms. The summed E-state index contributed by atoms with van der Waals surface area (Å²) in [7, 11) is 1.59. The Morgan fingerprint density at radius 1 is 1.06 bits per heavy atom. The van der Waals surface area contributed by atoms with E-state index < -0.39 is 0 Å². The Morgan fingerprint density at radius 3 is 2.53 bits per heavy atom.